The lowest BCUT2D eigenvalue weighted by Gasteiger charge is -2.36. The summed E-state index contributed by atoms with van der Waals surface area (Å²) < 4.78 is 16.8. The standard InChI is InChI=1S/C30H54O6/c1-23(2)14-7-10-19-34-27(31)26-17-13-18-30(22-26,28(32)35-20-11-8-15-24(3)4)29(33)36-21-12-9-16-25(5)6/h23-26H,7-22H2,1-6H3. The highest BCUT2D eigenvalue weighted by atomic mass is 16.6. The molecule has 1 unspecified atom stereocenters. The van der Waals surface area contributed by atoms with Gasteiger partial charge in [0.2, 0.25) is 0 Å². The Kier molecular flexibility index (Phi) is 16.0. The Morgan fingerprint density at radius 1 is 0.667 bits per heavy atom. The van der Waals surface area contributed by atoms with Crippen molar-refractivity contribution in [2.45, 2.75) is 125 Å². The van der Waals surface area contributed by atoms with Crippen LogP contribution in [0.25, 0.3) is 0 Å². The van der Waals surface area contributed by atoms with Crippen molar-refractivity contribution < 1.29 is 28.6 Å². The molecule has 0 aromatic heterocycles. The highest BCUT2D eigenvalue weighted by Gasteiger charge is 2.53. The molecule has 1 atom stereocenters. The van der Waals surface area contributed by atoms with E-state index in [1.54, 1.807) is 0 Å². The fourth-order valence-corrected chi connectivity index (χ4v) is 4.79. The third-order valence-electron chi connectivity index (χ3n) is 7.10. The van der Waals surface area contributed by atoms with Crippen molar-refractivity contribution in [2.75, 3.05) is 19.8 Å². The van der Waals surface area contributed by atoms with Crippen molar-refractivity contribution in [3.05, 3.63) is 0 Å². The summed E-state index contributed by atoms with van der Waals surface area (Å²) in [4.78, 5) is 39.4. The molecule has 0 aromatic rings. The number of esters is 3. The Hall–Kier alpha value is -1.59. The molecule has 0 spiro atoms. The van der Waals surface area contributed by atoms with Crippen LogP contribution in [-0.2, 0) is 28.6 Å². The summed E-state index contributed by atoms with van der Waals surface area (Å²) in [7, 11) is 0. The third kappa shape index (κ3) is 12.6. The number of hydrogen-bond donors (Lipinski definition) is 0. The van der Waals surface area contributed by atoms with Crippen molar-refractivity contribution in [3.63, 3.8) is 0 Å². The highest BCUT2D eigenvalue weighted by molar-refractivity contribution is 6.00. The molecule has 0 aromatic carbocycles. The molecular weight excluding hydrogens is 456 g/mol. The molecule has 1 aliphatic carbocycles. The Morgan fingerprint density at radius 2 is 1.08 bits per heavy atom. The van der Waals surface area contributed by atoms with Gasteiger partial charge < -0.3 is 14.2 Å². The molecule has 1 aliphatic rings. The van der Waals surface area contributed by atoms with Crippen LogP contribution in [0.2, 0.25) is 0 Å². The average Bonchev–Trinajstić information content (AvgIpc) is 2.82. The summed E-state index contributed by atoms with van der Waals surface area (Å²) in [6.45, 7) is 14.0. The predicted octanol–water partition coefficient (Wildman–Crippen LogP) is 7.27. The summed E-state index contributed by atoms with van der Waals surface area (Å²) in [5.74, 6) is -0.0138. The van der Waals surface area contributed by atoms with Crippen LogP contribution in [0, 0.1) is 29.1 Å². The number of carbonyl (C=O) groups excluding carboxylic acids is 3. The molecule has 0 radical (unpaired) electrons. The third-order valence-corrected chi connectivity index (χ3v) is 7.10. The maximum atomic E-state index is 13.3. The molecule has 0 heterocycles. The second-order valence-electron chi connectivity index (χ2n) is 12.0. The van der Waals surface area contributed by atoms with E-state index in [1.807, 2.05) is 0 Å². The number of hydrogen-bond acceptors (Lipinski definition) is 6. The monoisotopic (exact) mass is 510 g/mol. The smallest absolute Gasteiger partial charge is 0.323 e. The molecule has 1 fully saturated rings. The van der Waals surface area contributed by atoms with Gasteiger partial charge in [-0.3, -0.25) is 14.4 Å². The molecule has 1 rings (SSSR count). The lowest BCUT2D eigenvalue weighted by molar-refractivity contribution is -0.178. The first-order valence-corrected chi connectivity index (χ1v) is 14.6. The van der Waals surface area contributed by atoms with Crippen molar-refractivity contribution in [2.24, 2.45) is 29.1 Å². The van der Waals surface area contributed by atoms with E-state index in [-0.39, 0.29) is 12.4 Å². The number of rotatable bonds is 18. The fourth-order valence-electron chi connectivity index (χ4n) is 4.79. The summed E-state index contributed by atoms with van der Waals surface area (Å²) >= 11 is 0. The summed E-state index contributed by atoms with van der Waals surface area (Å²) in [6.07, 6.45) is 10.3. The molecule has 0 aliphatic heterocycles. The summed E-state index contributed by atoms with van der Waals surface area (Å²) in [6, 6.07) is 0. The lowest BCUT2D eigenvalue weighted by Crippen LogP contribution is -2.47. The van der Waals surface area contributed by atoms with Gasteiger partial charge in [-0.05, 0) is 75.5 Å². The van der Waals surface area contributed by atoms with Gasteiger partial charge in [-0.2, -0.15) is 0 Å². The quantitative estimate of drug-likeness (QED) is 0.0835. The van der Waals surface area contributed by atoms with Crippen molar-refractivity contribution >= 4 is 17.9 Å². The zero-order valence-electron chi connectivity index (χ0n) is 24.1. The van der Waals surface area contributed by atoms with E-state index in [2.05, 4.69) is 41.5 Å². The molecule has 0 N–H and O–H groups in total. The van der Waals surface area contributed by atoms with Crippen LogP contribution >= 0.6 is 0 Å². The van der Waals surface area contributed by atoms with Gasteiger partial charge in [0, 0.05) is 0 Å². The van der Waals surface area contributed by atoms with Gasteiger partial charge in [0.25, 0.3) is 0 Å². The van der Waals surface area contributed by atoms with Crippen molar-refractivity contribution in [1.82, 2.24) is 0 Å². The van der Waals surface area contributed by atoms with E-state index in [0.717, 1.165) is 57.8 Å². The Bertz CT molecular complexity index is 609. The van der Waals surface area contributed by atoms with E-state index >= 15 is 0 Å². The second kappa shape index (κ2) is 17.8. The van der Waals surface area contributed by atoms with Crippen LogP contribution < -0.4 is 0 Å². The Balaban J connectivity index is 2.75. The Morgan fingerprint density at radius 3 is 1.50 bits per heavy atom. The van der Waals surface area contributed by atoms with Crippen LogP contribution in [0.5, 0.6) is 0 Å². The Labute approximate surface area is 220 Å². The first-order valence-electron chi connectivity index (χ1n) is 14.6. The van der Waals surface area contributed by atoms with Gasteiger partial charge in [-0.15, -0.1) is 0 Å². The van der Waals surface area contributed by atoms with E-state index in [0.29, 0.717) is 56.8 Å². The zero-order chi connectivity index (χ0) is 27.0. The maximum Gasteiger partial charge on any atom is 0.323 e. The number of unbranched alkanes of at least 4 members (excludes halogenated alkanes) is 3. The SMILES string of the molecule is CC(C)CCCCOC(=O)C1CCCC(C(=O)OCCCCC(C)C)(C(=O)OCCCCC(C)C)C1. The zero-order valence-corrected chi connectivity index (χ0v) is 24.1. The average molecular weight is 511 g/mol. The summed E-state index contributed by atoms with van der Waals surface area (Å²) in [5.41, 5.74) is -1.41. The molecule has 0 saturated heterocycles. The van der Waals surface area contributed by atoms with Crippen LogP contribution in [0.4, 0.5) is 0 Å². The molecule has 6 nitrogen and oxygen atoms in total. The molecule has 1 saturated carbocycles. The van der Waals surface area contributed by atoms with E-state index < -0.39 is 23.3 Å². The topological polar surface area (TPSA) is 78.9 Å². The van der Waals surface area contributed by atoms with Gasteiger partial charge in [0.05, 0.1) is 25.7 Å². The number of ether oxygens (including phenoxy) is 3. The van der Waals surface area contributed by atoms with Crippen LogP contribution in [0.15, 0.2) is 0 Å². The van der Waals surface area contributed by atoms with Crippen molar-refractivity contribution in [1.29, 1.82) is 0 Å². The van der Waals surface area contributed by atoms with Crippen molar-refractivity contribution in [3.8, 4) is 0 Å². The molecular formula is C30H54O6. The minimum atomic E-state index is -1.41. The fraction of sp³-hybridized carbons (Fsp3) is 0.900. The van der Waals surface area contributed by atoms with Crippen LogP contribution in [0.1, 0.15) is 125 Å². The van der Waals surface area contributed by atoms with Crippen LogP contribution in [0.3, 0.4) is 0 Å². The van der Waals surface area contributed by atoms with E-state index in [9.17, 15) is 14.4 Å². The normalized spacial score (nSPS) is 17.4. The molecule has 210 valence electrons. The largest absolute Gasteiger partial charge is 0.465 e. The molecule has 6 heteroatoms. The van der Waals surface area contributed by atoms with Crippen LogP contribution in [-0.4, -0.2) is 37.7 Å². The van der Waals surface area contributed by atoms with Gasteiger partial charge in [-0.25, -0.2) is 0 Å². The second-order valence-corrected chi connectivity index (χ2v) is 12.0. The van der Waals surface area contributed by atoms with Gasteiger partial charge in [0.15, 0.2) is 5.41 Å². The first kappa shape index (κ1) is 32.4. The highest BCUT2D eigenvalue weighted by Crippen LogP contribution is 2.42. The van der Waals surface area contributed by atoms with E-state index in [4.69, 9.17) is 14.2 Å². The molecule has 0 bridgehead atoms. The van der Waals surface area contributed by atoms with Gasteiger partial charge in [-0.1, -0.05) is 67.2 Å². The minimum Gasteiger partial charge on any atom is -0.465 e. The molecule has 0 amide bonds. The minimum absolute atomic E-state index is 0.119. The maximum absolute atomic E-state index is 13.3. The van der Waals surface area contributed by atoms with Gasteiger partial charge >= 0.3 is 17.9 Å². The first-order chi connectivity index (χ1) is 17.1. The molecule has 36 heavy (non-hydrogen) atoms. The van der Waals surface area contributed by atoms with E-state index in [1.165, 1.54) is 0 Å². The lowest BCUT2D eigenvalue weighted by atomic mass is 9.69. The summed E-state index contributed by atoms with van der Waals surface area (Å²) in [5, 5.41) is 0. The number of carbonyl (C=O) groups is 3. The predicted molar refractivity (Wildman–Crippen MR) is 143 cm³/mol. The van der Waals surface area contributed by atoms with Gasteiger partial charge in [0.1, 0.15) is 0 Å².